The summed E-state index contributed by atoms with van der Waals surface area (Å²) in [4.78, 5) is 0. The van der Waals surface area contributed by atoms with E-state index < -0.39 is 22.9 Å². The van der Waals surface area contributed by atoms with Gasteiger partial charge in [-0.15, -0.1) is 0 Å². The van der Waals surface area contributed by atoms with Gasteiger partial charge in [-0.05, 0) is 37.1 Å². The molecule has 0 saturated carbocycles. The summed E-state index contributed by atoms with van der Waals surface area (Å²) in [5.74, 6) is 0. The molecule has 0 saturated heterocycles. The lowest BCUT2D eigenvalue weighted by Crippen LogP contribution is -2.24. The Balaban J connectivity index is 2.07. The number of hydrogen-bond donors (Lipinski definition) is 2. The minimum atomic E-state index is -4.59. The van der Waals surface area contributed by atoms with Gasteiger partial charge in [0.25, 0.3) is 0 Å². The van der Waals surface area contributed by atoms with E-state index in [2.05, 4.69) is 5.32 Å². The maximum Gasteiger partial charge on any atom is 0.417 e. The minimum absolute atomic E-state index is 0.255. The molecule has 2 aromatic rings. The predicted octanol–water partition coefficient (Wildman–Crippen LogP) is 4.29. The van der Waals surface area contributed by atoms with Crippen LogP contribution in [0.1, 0.15) is 30.0 Å². The number of nitrogens with zero attached hydrogens (tertiary/aromatic N) is 1. The van der Waals surface area contributed by atoms with Crippen molar-refractivity contribution in [3.63, 3.8) is 0 Å². The molecule has 0 bridgehead atoms. The molecule has 0 aromatic heterocycles. The van der Waals surface area contributed by atoms with Crippen LogP contribution in [0.25, 0.3) is 0 Å². The highest BCUT2D eigenvalue weighted by molar-refractivity contribution is 5.53. The Morgan fingerprint density at radius 2 is 1.79 bits per heavy atom. The third-order valence-electron chi connectivity index (χ3n) is 3.78. The van der Waals surface area contributed by atoms with Crippen molar-refractivity contribution in [2.45, 2.75) is 25.1 Å². The van der Waals surface area contributed by atoms with Crippen LogP contribution in [0.15, 0.2) is 48.5 Å². The monoisotopic (exact) mass is 334 g/mol. The zero-order chi connectivity index (χ0) is 17.8. The van der Waals surface area contributed by atoms with Gasteiger partial charge in [-0.1, -0.05) is 30.3 Å². The molecular formula is C18H17F3N2O. The summed E-state index contributed by atoms with van der Waals surface area (Å²) < 4.78 is 38.8. The van der Waals surface area contributed by atoms with Gasteiger partial charge in [-0.2, -0.15) is 18.4 Å². The largest absolute Gasteiger partial charge is 0.417 e. The maximum atomic E-state index is 12.9. The van der Waals surface area contributed by atoms with E-state index in [0.29, 0.717) is 6.42 Å². The molecule has 0 aliphatic carbocycles. The van der Waals surface area contributed by atoms with Crippen LogP contribution in [0.5, 0.6) is 0 Å². The first-order chi connectivity index (χ1) is 11.2. The van der Waals surface area contributed by atoms with Crippen molar-refractivity contribution in [2.75, 3.05) is 11.9 Å². The second-order valence-corrected chi connectivity index (χ2v) is 5.69. The van der Waals surface area contributed by atoms with Crippen molar-refractivity contribution < 1.29 is 18.3 Å². The number of nitrogens with one attached hydrogen (secondary N) is 1. The van der Waals surface area contributed by atoms with Crippen molar-refractivity contribution in [2.24, 2.45) is 0 Å². The van der Waals surface area contributed by atoms with Crippen molar-refractivity contribution in [1.82, 2.24) is 0 Å². The molecule has 24 heavy (non-hydrogen) atoms. The molecule has 0 heterocycles. The molecular weight excluding hydrogens is 317 g/mol. The first kappa shape index (κ1) is 17.8. The fraction of sp³-hybridized carbons (Fsp3) is 0.278. The molecule has 3 nitrogen and oxygen atoms in total. The number of aliphatic hydroxyl groups is 1. The average Bonchev–Trinajstić information content (AvgIpc) is 2.54. The minimum Gasteiger partial charge on any atom is -0.385 e. The van der Waals surface area contributed by atoms with Gasteiger partial charge < -0.3 is 10.4 Å². The molecule has 0 aliphatic heterocycles. The Labute approximate surface area is 138 Å². The molecule has 2 N–H and O–H groups in total. The molecule has 126 valence electrons. The molecule has 2 rings (SSSR count). The Morgan fingerprint density at radius 1 is 1.12 bits per heavy atom. The van der Waals surface area contributed by atoms with Crippen LogP contribution in [0.2, 0.25) is 0 Å². The Hall–Kier alpha value is -2.52. The lowest BCUT2D eigenvalue weighted by atomic mass is 9.92. The summed E-state index contributed by atoms with van der Waals surface area (Å²) in [6.45, 7) is 1.94. The number of nitriles is 1. The third kappa shape index (κ3) is 4.27. The van der Waals surface area contributed by atoms with Gasteiger partial charge in [0.05, 0.1) is 22.8 Å². The molecule has 0 spiro atoms. The smallest absolute Gasteiger partial charge is 0.385 e. The normalized spacial score (nSPS) is 13.8. The summed E-state index contributed by atoms with van der Waals surface area (Å²) in [5, 5.41) is 22.1. The number of hydrogen-bond acceptors (Lipinski definition) is 3. The maximum absolute atomic E-state index is 12.9. The SMILES string of the molecule is CC(O)(CCNc1ccc(C#N)c(C(F)(F)F)c1)c1ccccc1. The molecule has 1 unspecified atom stereocenters. The average molecular weight is 334 g/mol. The number of benzene rings is 2. The van der Waals surface area contributed by atoms with Gasteiger partial charge in [-0.25, -0.2) is 0 Å². The van der Waals surface area contributed by atoms with E-state index in [1.807, 2.05) is 18.2 Å². The number of alkyl halides is 3. The van der Waals surface area contributed by atoms with Crippen LogP contribution in [0.4, 0.5) is 18.9 Å². The van der Waals surface area contributed by atoms with Crippen LogP contribution in [0, 0.1) is 11.3 Å². The first-order valence-corrected chi connectivity index (χ1v) is 7.37. The zero-order valence-electron chi connectivity index (χ0n) is 13.1. The molecule has 1 atom stereocenters. The summed E-state index contributed by atoms with van der Waals surface area (Å²) in [7, 11) is 0. The van der Waals surface area contributed by atoms with Crippen molar-refractivity contribution in [1.29, 1.82) is 5.26 Å². The summed E-state index contributed by atoms with van der Waals surface area (Å²) in [6.07, 6.45) is -4.27. The van der Waals surface area contributed by atoms with E-state index >= 15 is 0 Å². The van der Waals surface area contributed by atoms with E-state index in [1.165, 1.54) is 6.07 Å². The second kappa shape index (κ2) is 6.93. The molecule has 0 fully saturated rings. The standard InChI is InChI=1S/C18H17F3N2O/c1-17(24,14-5-3-2-4-6-14)9-10-23-15-8-7-13(12-22)16(11-15)18(19,20)21/h2-8,11,23-24H,9-10H2,1H3. The lowest BCUT2D eigenvalue weighted by Gasteiger charge is -2.24. The van der Waals surface area contributed by atoms with Crippen molar-refractivity contribution in [3.05, 3.63) is 65.2 Å². The van der Waals surface area contributed by atoms with Gasteiger partial charge in [-0.3, -0.25) is 0 Å². The zero-order valence-corrected chi connectivity index (χ0v) is 13.1. The number of halogens is 3. The second-order valence-electron chi connectivity index (χ2n) is 5.69. The van der Waals surface area contributed by atoms with Gasteiger partial charge in [0, 0.05) is 12.2 Å². The highest BCUT2D eigenvalue weighted by Gasteiger charge is 2.33. The summed E-state index contributed by atoms with van der Waals surface area (Å²) in [6, 6.07) is 14.1. The summed E-state index contributed by atoms with van der Waals surface area (Å²) >= 11 is 0. The van der Waals surface area contributed by atoms with E-state index in [9.17, 15) is 18.3 Å². The highest BCUT2D eigenvalue weighted by atomic mass is 19.4. The molecule has 0 amide bonds. The van der Waals surface area contributed by atoms with Gasteiger partial charge >= 0.3 is 6.18 Å². The molecule has 6 heteroatoms. The van der Waals surface area contributed by atoms with Crippen LogP contribution < -0.4 is 5.32 Å². The number of rotatable bonds is 5. The first-order valence-electron chi connectivity index (χ1n) is 7.37. The Kier molecular flexibility index (Phi) is 5.15. The van der Waals surface area contributed by atoms with E-state index in [4.69, 9.17) is 5.26 Å². The van der Waals surface area contributed by atoms with Crippen molar-refractivity contribution in [3.8, 4) is 6.07 Å². The quantitative estimate of drug-likeness (QED) is 0.858. The van der Waals surface area contributed by atoms with Crippen LogP contribution in [-0.2, 0) is 11.8 Å². The Bertz CT molecular complexity index is 734. The van der Waals surface area contributed by atoms with Crippen LogP contribution >= 0.6 is 0 Å². The molecule has 2 aromatic carbocycles. The third-order valence-corrected chi connectivity index (χ3v) is 3.78. The lowest BCUT2D eigenvalue weighted by molar-refractivity contribution is -0.137. The Morgan fingerprint density at radius 3 is 2.38 bits per heavy atom. The summed E-state index contributed by atoms with van der Waals surface area (Å²) in [5.41, 5.74) is -1.48. The van der Waals surface area contributed by atoms with E-state index in [0.717, 1.165) is 17.7 Å². The van der Waals surface area contributed by atoms with Gasteiger partial charge in [0.2, 0.25) is 0 Å². The molecule has 0 aliphatic rings. The topological polar surface area (TPSA) is 56.0 Å². The van der Waals surface area contributed by atoms with E-state index in [-0.39, 0.29) is 12.2 Å². The van der Waals surface area contributed by atoms with Crippen molar-refractivity contribution >= 4 is 5.69 Å². The number of anilines is 1. The molecule has 0 radical (unpaired) electrons. The van der Waals surface area contributed by atoms with E-state index in [1.54, 1.807) is 25.1 Å². The van der Waals surface area contributed by atoms with Gasteiger partial charge in [0.1, 0.15) is 0 Å². The van der Waals surface area contributed by atoms with Gasteiger partial charge in [0.15, 0.2) is 0 Å². The highest BCUT2D eigenvalue weighted by Crippen LogP contribution is 2.33. The fourth-order valence-corrected chi connectivity index (χ4v) is 2.38. The van der Waals surface area contributed by atoms with Crippen LogP contribution in [-0.4, -0.2) is 11.7 Å². The predicted molar refractivity (Wildman–Crippen MR) is 85.3 cm³/mol. The van der Waals surface area contributed by atoms with Crippen LogP contribution in [0.3, 0.4) is 0 Å². The fourth-order valence-electron chi connectivity index (χ4n) is 2.38.